The van der Waals surface area contributed by atoms with Crippen molar-refractivity contribution in [1.29, 1.82) is 0 Å². The molecule has 25 heavy (non-hydrogen) atoms. The van der Waals surface area contributed by atoms with Gasteiger partial charge >= 0.3 is 0 Å². The van der Waals surface area contributed by atoms with Crippen molar-refractivity contribution in [3.8, 4) is 0 Å². The zero-order valence-corrected chi connectivity index (χ0v) is 15.1. The van der Waals surface area contributed by atoms with Crippen LogP contribution in [-0.4, -0.2) is 48.4 Å². The number of β-lactam (4-membered cyclic amide) rings is 1. The van der Waals surface area contributed by atoms with Crippen LogP contribution in [0.25, 0.3) is 0 Å². The number of carbonyl (C=O) groups is 2. The van der Waals surface area contributed by atoms with Gasteiger partial charge in [0.05, 0.1) is 11.5 Å². The molecule has 134 valence electrons. The maximum Gasteiger partial charge on any atom is 0.244 e. The molecule has 2 atom stereocenters. The van der Waals surface area contributed by atoms with Crippen LogP contribution in [-0.2, 0) is 9.59 Å². The van der Waals surface area contributed by atoms with E-state index in [9.17, 15) is 9.59 Å². The van der Waals surface area contributed by atoms with E-state index in [0.717, 1.165) is 44.6 Å². The molecule has 5 nitrogen and oxygen atoms in total. The lowest BCUT2D eigenvalue weighted by Gasteiger charge is -2.50. The highest BCUT2D eigenvalue weighted by Gasteiger charge is 2.51. The molecule has 3 heterocycles. The fourth-order valence-corrected chi connectivity index (χ4v) is 4.71. The fraction of sp³-hybridized carbons (Fsp3) is 0.600. The van der Waals surface area contributed by atoms with Crippen molar-refractivity contribution in [3.63, 3.8) is 0 Å². The monoisotopic (exact) mass is 341 g/mol. The summed E-state index contributed by atoms with van der Waals surface area (Å²) in [6.07, 6.45) is 3.02. The van der Waals surface area contributed by atoms with Gasteiger partial charge in [-0.25, -0.2) is 0 Å². The van der Waals surface area contributed by atoms with Crippen LogP contribution >= 0.6 is 0 Å². The van der Waals surface area contributed by atoms with Gasteiger partial charge in [0.1, 0.15) is 0 Å². The van der Waals surface area contributed by atoms with Gasteiger partial charge in [-0.1, -0.05) is 18.2 Å². The van der Waals surface area contributed by atoms with Crippen molar-refractivity contribution < 1.29 is 9.59 Å². The predicted octanol–water partition coefficient (Wildman–Crippen LogP) is 2.03. The second-order valence-electron chi connectivity index (χ2n) is 8.18. The molecule has 1 aromatic carbocycles. The molecular formula is C20H27N3O2. The standard InChI is InChI=1S/C20H27N3O2/c1-20(2)17(21-19(20)25)14-8-11-22(12-9-14)16-10-13-23(18(16)24)15-6-4-3-5-7-15/h3-7,14,16-17H,8-13H2,1-2H3,(H,21,25)/t16-,17-/m1/s1. The average molecular weight is 341 g/mol. The minimum atomic E-state index is -0.236. The number of hydrogen-bond donors (Lipinski definition) is 1. The van der Waals surface area contributed by atoms with Gasteiger partial charge in [0.15, 0.2) is 0 Å². The summed E-state index contributed by atoms with van der Waals surface area (Å²) < 4.78 is 0. The SMILES string of the molecule is CC1(C)C(=O)N[C@@H]1C1CCN([C@@H]2CCN(c3ccccc3)C2=O)CC1. The number of nitrogens with zero attached hydrogens (tertiary/aromatic N) is 2. The van der Waals surface area contributed by atoms with Gasteiger partial charge in [-0.05, 0) is 64.3 Å². The van der Waals surface area contributed by atoms with Crippen molar-refractivity contribution >= 4 is 17.5 Å². The van der Waals surface area contributed by atoms with E-state index in [4.69, 9.17) is 0 Å². The largest absolute Gasteiger partial charge is 0.351 e. The summed E-state index contributed by atoms with van der Waals surface area (Å²) in [4.78, 5) is 28.9. The van der Waals surface area contributed by atoms with Gasteiger partial charge in [0, 0.05) is 18.3 Å². The molecule has 0 aromatic heterocycles. The molecule has 3 aliphatic rings. The van der Waals surface area contributed by atoms with E-state index in [0.29, 0.717) is 12.0 Å². The normalized spacial score (nSPS) is 30.2. The Kier molecular flexibility index (Phi) is 4.07. The Bertz CT molecular complexity index is 665. The number of rotatable bonds is 3. The van der Waals surface area contributed by atoms with Crippen LogP contribution in [0.4, 0.5) is 5.69 Å². The Balaban J connectivity index is 1.36. The Hall–Kier alpha value is -1.88. The van der Waals surface area contributed by atoms with Gasteiger partial charge in [0.2, 0.25) is 11.8 Å². The summed E-state index contributed by atoms with van der Waals surface area (Å²) in [6, 6.07) is 10.3. The van der Waals surface area contributed by atoms with Gasteiger partial charge in [-0.15, -0.1) is 0 Å². The third kappa shape index (κ3) is 2.74. The first-order valence-electron chi connectivity index (χ1n) is 9.40. The Morgan fingerprint density at radius 1 is 1.00 bits per heavy atom. The molecule has 3 saturated heterocycles. The highest BCUT2D eigenvalue weighted by Crippen LogP contribution is 2.39. The van der Waals surface area contributed by atoms with E-state index < -0.39 is 0 Å². The van der Waals surface area contributed by atoms with Gasteiger partial charge in [-0.2, -0.15) is 0 Å². The summed E-state index contributed by atoms with van der Waals surface area (Å²) in [5.74, 6) is 0.942. The zero-order valence-electron chi connectivity index (χ0n) is 15.1. The van der Waals surface area contributed by atoms with E-state index in [2.05, 4.69) is 10.2 Å². The average Bonchev–Trinajstić information content (AvgIpc) is 3.02. The number of hydrogen-bond acceptors (Lipinski definition) is 3. The molecule has 1 aromatic rings. The second-order valence-corrected chi connectivity index (χ2v) is 8.18. The Morgan fingerprint density at radius 3 is 2.28 bits per heavy atom. The third-order valence-corrected chi connectivity index (χ3v) is 6.38. The molecule has 1 N–H and O–H groups in total. The van der Waals surface area contributed by atoms with Crippen LogP contribution in [0.1, 0.15) is 33.1 Å². The molecule has 0 spiro atoms. The van der Waals surface area contributed by atoms with E-state index in [1.165, 1.54) is 0 Å². The lowest BCUT2D eigenvalue weighted by Crippen LogP contribution is -2.68. The first-order valence-corrected chi connectivity index (χ1v) is 9.40. The Morgan fingerprint density at radius 2 is 1.68 bits per heavy atom. The molecular weight excluding hydrogens is 314 g/mol. The smallest absolute Gasteiger partial charge is 0.244 e. The maximum absolute atomic E-state index is 12.9. The number of carbonyl (C=O) groups excluding carboxylic acids is 2. The molecule has 0 saturated carbocycles. The van der Waals surface area contributed by atoms with Crippen LogP contribution in [0.15, 0.2) is 30.3 Å². The number of likely N-dealkylation sites (tertiary alicyclic amines) is 1. The minimum absolute atomic E-state index is 0.0187. The fourth-order valence-electron chi connectivity index (χ4n) is 4.71. The molecule has 3 aliphatic heterocycles. The van der Waals surface area contributed by atoms with Gasteiger partial charge < -0.3 is 10.2 Å². The predicted molar refractivity (Wildman–Crippen MR) is 97.2 cm³/mol. The number of anilines is 1. The van der Waals surface area contributed by atoms with E-state index in [1.54, 1.807) is 0 Å². The molecule has 0 bridgehead atoms. The summed E-state index contributed by atoms with van der Waals surface area (Å²) >= 11 is 0. The maximum atomic E-state index is 12.9. The topological polar surface area (TPSA) is 52.7 Å². The van der Waals surface area contributed by atoms with Crippen LogP contribution in [0.5, 0.6) is 0 Å². The first kappa shape index (κ1) is 16.6. The number of nitrogens with one attached hydrogen (secondary N) is 1. The number of benzene rings is 1. The van der Waals surface area contributed by atoms with E-state index >= 15 is 0 Å². The molecule has 0 aliphatic carbocycles. The zero-order chi connectivity index (χ0) is 17.6. The summed E-state index contributed by atoms with van der Waals surface area (Å²) in [5, 5.41) is 3.09. The number of amides is 2. The quantitative estimate of drug-likeness (QED) is 0.856. The van der Waals surface area contributed by atoms with E-state index in [1.807, 2.05) is 49.1 Å². The third-order valence-electron chi connectivity index (χ3n) is 6.38. The van der Waals surface area contributed by atoms with Crippen LogP contribution in [0.3, 0.4) is 0 Å². The molecule has 0 unspecified atom stereocenters. The molecule has 2 amide bonds. The molecule has 5 heteroatoms. The number of para-hydroxylation sites is 1. The lowest BCUT2D eigenvalue weighted by atomic mass is 9.68. The van der Waals surface area contributed by atoms with Crippen molar-refractivity contribution in [2.24, 2.45) is 11.3 Å². The van der Waals surface area contributed by atoms with Crippen LogP contribution in [0, 0.1) is 11.3 Å². The Labute approximate surface area is 149 Å². The van der Waals surface area contributed by atoms with Gasteiger partial charge in [0.25, 0.3) is 0 Å². The highest BCUT2D eigenvalue weighted by atomic mass is 16.2. The second kappa shape index (κ2) is 6.13. The highest BCUT2D eigenvalue weighted by molar-refractivity contribution is 5.99. The minimum Gasteiger partial charge on any atom is -0.351 e. The lowest BCUT2D eigenvalue weighted by molar-refractivity contribution is -0.146. The molecule has 3 fully saturated rings. The van der Waals surface area contributed by atoms with Crippen molar-refractivity contribution in [2.75, 3.05) is 24.5 Å². The van der Waals surface area contributed by atoms with Crippen LogP contribution in [0.2, 0.25) is 0 Å². The van der Waals surface area contributed by atoms with Gasteiger partial charge in [-0.3, -0.25) is 14.5 Å². The van der Waals surface area contributed by atoms with E-state index in [-0.39, 0.29) is 23.3 Å². The summed E-state index contributed by atoms with van der Waals surface area (Å²) in [6.45, 7) is 6.79. The van der Waals surface area contributed by atoms with Crippen molar-refractivity contribution in [1.82, 2.24) is 10.2 Å². The first-order chi connectivity index (χ1) is 12.0. The molecule has 0 radical (unpaired) electrons. The summed E-state index contributed by atoms with van der Waals surface area (Å²) in [7, 11) is 0. The molecule has 4 rings (SSSR count). The summed E-state index contributed by atoms with van der Waals surface area (Å²) in [5.41, 5.74) is 0.768. The van der Waals surface area contributed by atoms with Crippen molar-refractivity contribution in [2.45, 2.75) is 45.2 Å². The van der Waals surface area contributed by atoms with Crippen molar-refractivity contribution in [3.05, 3.63) is 30.3 Å². The van der Waals surface area contributed by atoms with Crippen LogP contribution < -0.4 is 10.2 Å². The number of piperidine rings is 1.